The van der Waals surface area contributed by atoms with Crippen LogP contribution in [0.2, 0.25) is 10.0 Å². The summed E-state index contributed by atoms with van der Waals surface area (Å²) >= 11 is 11.8. The Morgan fingerprint density at radius 2 is 1.96 bits per heavy atom. The number of ether oxygens (including phenoxy) is 1. The van der Waals surface area contributed by atoms with Crippen molar-refractivity contribution in [3.63, 3.8) is 0 Å². The highest BCUT2D eigenvalue weighted by molar-refractivity contribution is 7.88. The van der Waals surface area contributed by atoms with Crippen LogP contribution < -0.4 is 5.32 Å². The van der Waals surface area contributed by atoms with E-state index in [1.807, 2.05) is 6.92 Å². The number of amides is 1. The number of nitrogens with zero attached hydrogens (tertiary/aromatic N) is 1. The Morgan fingerprint density at radius 3 is 2.59 bits per heavy atom. The van der Waals surface area contributed by atoms with Crippen molar-refractivity contribution in [1.82, 2.24) is 9.62 Å². The minimum absolute atomic E-state index is 0.00645. The van der Waals surface area contributed by atoms with Crippen molar-refractivity contribution >= 4 is 39.1 Å². The van der Waals surface area contributed by atoms with Gasteiger partial charge in [0, 0.05) is 38.8 Å². The first-order valence-electron chi connectivity index (χ1n) is 9.10. The van der Waals surface area contributed by atoms with Crippen LogP contribution in [0.25, 0.3) is 0 Å². The molecule has 1 aliphatic rings. The van der Waals surface area contributed by atoms with Crippen LogP contribution in [0.3, 0.4) is 0 Å². The van der Waals surface area contributed by atoms with Crippen LogP contribution in [0.15, 0.2) is 18.2 Å². The van der Waals surface area contributed by atoms with Crippen LogP contribution in [-0.4, -0.2) is 51.5 Å². The maximum atomic E-state index is 12.6. The summed E-state index contributed by atoms with van der Waals surface area (Å²) in [5.74, 6) is -0.278. The molecule has 1 saturated heterocycles. The number of sulfonamides is 1. The fourth-order valence-electron chi connectivity index (χ4n) is 3.00. The highest BCUT2D eigenvalue weighted by Crippen LogP contribution is 2.26. The lowest BCUT2D eigenvalue weighted by molar-refractivity contribution is -0.126. The highest BCUT2D eigenvalue weighted by atomic mass is 35.5. The molecule has 0 aromatic heterocycles. The second kappa shape index (κ2) is 10.6. The van der Waals surface area contributed by atoms with Crippen molar-refractivity contribution in [3.05, 3.63) is 33.8 Å². The van der Waals surface area contributed by atoms with Crippen LogP contribution in [0.4, 0.5) is 0 Å². The van der Waals surface area contributed by atoms with E-state index in [1.54, 1.807) is 18.2 Å². The Kier molecular flexibility index (Phi) is 8.82. The second-order valence-corrected chi connectivity index (χ2v) is 9.30. The van der Waals surface area contributed by atoms with Gasteiger partial charge in [0.15, 0.2) is 0 Å². The Morgan fingerprint density at radius 1 is 1.26 bits per heavy atom. The lowest BCUT2D eigenvalue weighted by Crippen LogP contribution is -2.43. The summed E-state index contributed by atoms with van der Waals surface area (Å²) in [6, 6.07) is 4.83. The molecule has 9 heteroatoms. The molecule has 0 unspecified atom stereocenters. The molecule has 6 nitrogen and oxygen atoms in total. The minimum Gasteiger partial charge on any atom is -0.382 e. The molecule has 0 spiro atoms. The zero-order chi connectivity index (χ0) is 19.9. The predicted molar refractivity (Wildman–Crippen MR) is 108 cm³/mol. The van der Waals surface area contributed by atoms with E-state index in [1.165, 1.54) is 4.31 Å². The van der Waals surface area contributed by atoms with Gasteiger partial charge < -0.3 is 10.1 Å². The van der Waals surface area contributed by atoms with Gasteiger partial charge in [-0.05, 0) is 43.9 Å². The van der Waals surface area contributed by atoms with E-state index in [2.05, 4.69) is 5.32 Å². The fraction of sp³-hybridized carbons (Fsp3) is 0.611. The molecule has 1 amide bonds. The minimum atomic E-state index is -3.46. The van der Waals surface area contributed by atoms with Gasteiger partial charge in [0.2, 0.25) is 15.9 Å². The molecular formula is C18H26Cl2N2O4S. The Hall–Kier alpha value is -0.860. The van der Waals surface area contributed by atoms with Gasteiger partial charge in [-0.1, -0.05) is 29.3 Å². The quantitative estimate of drug-likeness (QED) is 0.603. The van der Waals surface area contributed by atoms with Gasteiger partial charge in [-0.15, -0.1) is 0 Å². The number of carbonyl (C=O) groups excluding carboxylic acids is 1. The van der Waals surface area contributed by atoms with Crippen LogP contribution in [0, 0.1) is 5.92 Å². The third-order valence-corrected chi connectivity index (χ3v) is 7.11. The fourth-order valence-corrected chi connectivity index (χ4v) is 4.87. The molecule has 1 aromatic rings. The van der Waals surface area contributed by atoms with Crippen molar-refractivity contribution in [1.29, 1.82) is 0 Å². The van der Waals surface area contributed by atoms with Gasteiger partial charge in [-0.3, -0.25) is 4.79 Å². The number of rotatable bonds is 9. The van der Waals surface area contributed by atoms with Crippen molar-refractivity contribution in [2.24, 2.45) is 5.92 Å². The lowest BCUT2D eigenvalue weighted by Gasteiger charge is -2.30. The van der Waals surface area contributed by atoms with Crippen molar-refractivity contribution in [2.45, 2.75) is 31.9 Å². The van der Waals surface area contributed by atoms with Gasteiger partial charge in [-0.25, -0.2) is 12.7 Å². The summed E-state index contributed by atoms with van der Waals surface area (Å²) in [7, 11) is -3.46. The average molecular weight is 437 g/mol. The van der Waals surface area contributed by atoms with E-state index in [9.17, 15) is 13.2 Å². The molecule has 1 aromatic carbocycles. The van der Waals surface area contributed by atoms with E-state index in [4.69, 9.17) is 27.9 Å². The van der Waals surface area contributed by atoms with Gasteiger partial charge in [0.1, 0.15) is 0 Å². The SMILES string of the molecule is CCOCCCNC(=O)C1CCN(S(=O)(=O)Cc2ccc(Cl)c(Cl)c2)CC1. The first kappa shape index (κ1) is 22.4. The standard InChI is InChI=1S/C18H26Cl2N2O4S/c1-2-26-11-3-8-21-18(23)15-6-9-22(10-7-15)27(24,25)13-14-4-5-16(19)17(20)12-14/h4-5,12,15H,2-3,6-11,13H2,1H3,(H,21,23). The van der Waals surface area contributed by atoms with E-state index in [0.717, 1.165) is 6.42 Å². The van der Waals surface area contributed by atoms with E-state index in [-0.39, 0.29) is 17.6 Å². The zero-order valence-corrected chi connectivity index (χ0v) is 17.7. The summed E-state index contributed by atoms with van der Waals surface area (Å²) in [5.41, 5.74) is 0.596. The zero-order valence-electron chi connectivity index (χ0n) is 15.4. The van der Waals surface area contributed by atoms with Crippen LogP contribution in [0.1, 0.15) is 31.7 Å². The summed E-state index contributed by atoms with van der Waals surface area (Å²) in [4.78, 5) is 12.2. The lowest BCUT2D eigenvalue weighted by atomic mass is 9.97. The molecule has 2 rings (SSSR count). The van der Waals surface area contributed by atoms with Crippen LogP contribution in [-0.2, 0) is 25.3 Å². The summed E-state index contributed by atoms with van der Waals surface area (Å²) in [5, 5.41) is 3.63. The summed E-state index contributed by atoms with van der Waals surface area (Å²) in [6.45, 7) is 4.50. The molecule has 1 aliphatic heterocycles. The molecule has 152 valence electrons. The smallest absolute Gasteiger partial charge is 0.223 e. The molecule has 0 bridgehead atoms. The van der Waals surface area contributed by atoms with Gasteiger partial charge >= 0.3 is 0 Å². The molecule has 27 heavy (non-hydrogen) atoms. The third kappa shape index (κ3) is 6.91. The highest BCUT2D eigenvalue weighted by Gasteiger charge is 2.31. The topological polar surface area (TPSA) is 75.7 Å². The van der Waals surface area contributed by atoms with E-state index < -0.39 is 10.0 Å². The monoisotopic (exact) mass is 436 g/mol. The first-order valence-corrected chi connectivity index (χ1v) is 11.5. The number of halogens is 2. The molecule has 0 atom stereocenters. The molecule has 1 heterocycles. The Balaban J connectivity index is 1.81. The Labute approximate surface area is 171 Å². The van der Waals surface area contributed by atoms with E-state index in [0.29, 0.717) is 61.3 Å². The summed E-state index contributed by atoms with van der Waals surface area (Å²) in [6.07, 6.45) is 1.83. The van der Waals surface area contributed by atoms with Gasteiger partial charge in [-0.2, -0.15) is 0 Å². The maximum Gasteiger partial charge on any atom is 0.223 e. The number of nitrogens with one attached hydrogen (secondary N) is 1. The first-order chi connectivity index (χ1) is 12.8. The summed E-state index contributed by atoms with van der Waals surface area (Å²) < 4.78 is 32.0. The van der Waals surface area contributed by atoms with Gasteiger partial charge in [0.05, 0.1) is 15.8 Å². The van der Waals surface area contributed by atoms with Crippen molar-refractivity contribution in [3.8, 4) is 0 Å². The molecule has 0 saturated carbocycles. The van der Waals surface area contributed by atoms with Crippen molar-refractivity contribution < 1.29 is 17.9 Å². The number of benzene rings is 1. The maximum absolute atomic E-state index is 12.6. The number of piperidine rings is 1. The molecular weight excluding hydrogens is 411 g/mol. The number of hydrogen-bond donors (Lipinski definition) is 1. The largest absolute Gasteiger partial charge is 0.382 e. The Bertz CT molecular complexity index is 735. The second-order valence-electron chi connectivity index (χ2n) is 6.52. The normalized spacial score (nSPS) is 16.4. The van der Waals surface area contributed by atoms with Crippen molar-refractivity contribution in [2.75, 3.05) is 32.8 Å². The third-order valence-electron chi connectivity index (χ3n) is 4.52. The molecule has 1 fully saturated rings. The molecule has 1 N–H and O–H groups in total. The van der Waals surface area contributed by atoms with Crippen LogP contribution >= 0.6 is 23.2 Å². The molecule has 0 aliphatic carbocycles. The van der Waals surface area contributed by atoms with Gasteiger partial charge in [0.25, 0.3) is 0 Å². The van der Waals surface area contributed by atoms with Crippen LogP contribution in [0.5, 0.6) is 0 Å². The predicted octanol–water partition coefficient (Wildman–Crippen LogP) is 3.08. The number of hydrogen-bond acceptors (Lipinski definition) is 4. The average Bonchev–Trinajstić information content (AvgIpc) is 2.64. The number of carbonyl (C=O) groups is 1. The van der Waals surface area contributed by atoms with E-state index >= 15 is 0 Å². The molecule has 0 radical (unpaired) electrons.